The number of nitrogens with one attached hydrogen (secondary N) is 1. The fraction of sp³-hybridized carbons (Fsp3) is 0.167. The van der Waals surface area contributed by atoms with E-state index in [1.165, 1.54) is 5.56 Å². The SMILES string of the molecule is CC(C)(C)c1ccc(/C=N/NC(=O)c2ccc(-c3ccccc3)cc2)cc1. The van der Waals surface area contributed by atoms with E-state index in [-0.39, 0.29) is 11.3 Å². The molecule has 0 aliphatic rings. The quantitative estimate of drug-likeness (QED) is 0.492. The van der Waals surface area contributed by atoms with Crippen molar-refractivity contribution >= 4 is 12.1 Å². The van der Waals surface area contributed by atoms with Crippen molar-refractivity contribution in [3.8, 4) is 11.1 Å². The van der Waals surface area contributed by atoms with Crippen LogP contribution >= 0.6 is 0 Å². The van der Waals surface area contributed by atoms with E-state index in [2.05, 4.69) is 43.4 Å². The Balaban J connectivity index is 1.61. The summed E-state index contributed by atoms with van der Waals surface area (Å²) in [6.07, 6.45) is 1.66. The fourth-order valence-corrected chi connectivity index (χ4v) is 2.74. The molecule has 3 aromatic rings. The molecular weight excluding hydrogens is 332 g/mol. The zero-order chi connectivity index (χ0) is 19.3. The number of hydrogen-bond acceptors (Lipinski definition) is 2. The van der Waals surface area contributed by atoms with Gasteiger partial charge in [-0.25, -0.2) is 5.43 Å². The van der Waals surface area contributed by atoms with Crippen LogP contribution in [-0.2, 0) is 5.41 Å². The number of carbonyl (C=O) groups is 1. The molecule has 0 saturated heterocycles. The number of rotatable bonds is 4. The Bertz CT molecular complexity index is 919. The minimum Gasteiger partial charge on any atom is -0.267 e. The van der Waals surface area contributed by atoms with Crippen molar-refractivity contribution < 1.29 is 4.79 Å². The van der Waals surface area contributed by atoms with Crippen LogP contribution in [0.15, 0.2) is 84.0 Å². The minimum atomic E-state index is -0.225. The van der Waals surface area contributed by atoms with Gasteiger partial charge in [0, 0.05) is 5.56 Å². The molecule has 0 atom stereocenters. The molecular formula is C24H24N2O. The van der Waals surface area contributed by atoms with Crippen molar-refractivity contribution in [1.82, 2.24) is 5.43 Å². The molecule has 1 N–H and O–H groups in total. The molecule has 0 unspecified atom stereocenters. The first-order valence-electron chi connectivity index (χ1n) is 9.03. The topological polar surface area (TPSA) is 41.5 Å². The molecule has 0 saturated carbocycles. The molecule has 27 heavy (non-hydrogen) atoms. The molecule has 0 fully saturated rings. The summed E-state index contributed by atoms with van der Waals surface area (Å²) in [5, 5.41) is 4.07. The Morgan fingerprint density at radius 2 is 1.41 bits per heavy atom. The van der Waals surface area contributed by atoms with Crippen molar-refractivity contribution in [2.45, 2.75) is 26.2 Å². The van der Waals surface area contributed by atoms with Crippen LogP contribution in [0.25, 0.3) is 11.1 Å². The minimum absolute atomic E-state index is 0.121. The molecule has 1 amide bonds. The second kappa shape index (κ2) is 8.00. The van der Waals surface area contributed by atoms with E-state index in [4.69, 9.17) is 0 Å². The van der Waals surface area contributed by atoms with Crippen molar-refractivity contribution in [3.05, 3.63) is 95.6 Å². The normalized spacial score (nSPS) is 11.5. The van der Waals surface area contributed by atoms with Crippen LogP contribution in [0, 0.1) is 0 Å². The van der Waals surface area contributed by atoms with Gasteiger partial charge in [0.2, 0.25) is 0 Å². The highest BCUT2D eigenvalue weighted by Crippen LogP contribution is 2.22. The monoisotopic (exact) mass is 356 g/mol. The summed E-state index contributed by atoms with van der Waals surface area (Å²) in [7, 11) is 0. The number of carbonyl (C=O) groups excluding carboxylic acids is 1. The van der Waals surface area contributed by atoms with Gasteiger partial charge < -0.3 is 0 Å². The van der Waals surface area contributed by atoms with Crippen LogP contribution in [0.4, 0.5) is 0 Å². The van der Waals surface area contributed by atoms with Crippen LogP contribution in [-0.4, -0.2) is 12.1 Å². The number of amides is 1. The average molecular weight is 356 g/mol. The van der Waals surface area contributed by atoms with E-state index >= 15 is 0 Å². The van der Waals surface area contributed by atoms with Crippen molar-refractivity contribution in [3.63, 3.8) is 0 Å². The summed E-state index contributed by atoms with van der Waals surface area (Å²) in [5.74, 6) is -0.225. The highest BCUT2D eigenvalue weighted by atomic mass is 16.2. The Labute approximate surface area is 160 Å². The molecule has 0 aliphatic carbocycles. The Morgan fingerprint density at radius 1 is 0.815 bits per heavy atom. The molecule has 3 rings (SSSR count). The van der Waals surface area contributed by atoms with Gasteiger partial charge in [0.1, 0.15) is 0 Å². The van der Waals surface area contributed by atoms with E-state index in [0.717, 1.165) is 16.7 Å². The van der Waals surface area contributed by atoms with Crippen molar-refractivity contribution in [1.29, 1.82) is 0 Å². The van der Waals surface area contributed by atoms with Gasteiger partial charge in [-0.3, -0.25) is 4.79 Å². The largest absolute Gasteiger partial charge is 0.271 e. The number of hydrazone groups is 1. The summed E-state index contributed by atoms with van der Waals surface area (Å²) in [5.41, 5.74) is 7.70. The maximum atomic E-state index is 12.2. The van der Waals surface area contributed by atoms with Gasteiger partial charge in [-0.1, -0.05) is 87.5 Å². The van der Waals surface area contributed by atoms with E-state index < -0.39 is 0 Å². The van der Waals surface area contributed by atoms with Crippen LogP contribution in [0.3, 0.4) is 0 Å². The summed E-state index contributed by atoms with van der Waals surface area (Å²) in [6.45, 7) is 6.54. The van der Waals surface area contributed by atoms with Crippen LogP contribution in [0.1, 0.15) is 42.3 Å². The Hall–Kier alpha value is -3.20. The molecule has 0 aromatic heterocycles. The smallest absolute Gasteiger partial charge is 0.267 e. The second-order valence-corrected chi connectivity index (χ2v) is 7.51. The molecule has 0 bridgehead atoms. The Morgan fingerprint density at radius 3 is 2.00 bits per heavy atom. The highest BCUT2D eigenvalue weighted by Gasteiger charge is 2.12. The van der Waals surface area contributed by atoms with Crippen LogP contribution < -0.4 is 5.43 Å². The van der Waals surface area contributed by atoms with Gasteiger partial charge in [-0.05, 0) is 39.8 Å². The predicted molar refractivity (Wildman–Crippen MR) is 112 cm³/mol. The summed E-state index contributed by atoms with van der Waals surface area (Å²) < 4.78 is 0. The third-order valence-electron chi connectivity index (χ3n) is 4.41. The molecule has 0 spiro atoms. The van der Waals surface area contributed by atoms with Gasteiger partial charge in [-0.15, -0.1) is 0 Å². The fourth-order valence-electron chi connectivity index (χ4n) is 2.74. The third-order valence-corrected chi connectivity index (χ3v) is 4.41. The molecule has 0 radical (unpaired) electrons. The number of benzene rings is 3. The van der Waals surface area contributed by atoms with Gasteiger partial charge in [0.15, 0.2) is 0 Å². The molecule has 0 aliphatic heterocycles. The maximum Gasteiger partial charge on any atom is 0.271 e. The van der Waals surface area contributed by atoms with E-state index in [1.54, 1.807) is 6.21 Å². The summed E-state index contributed by atoms with van der Waals surface area (Å²) in [6, 6.07) is 25.8. The summed E-state index contributed by atoms with van der Waals surface area (Å²) in [4.78, 5) is 12.2. The summed E-state index contributed by atoms with van der Waals surface area (Å²) >= 11 is 0. The third kappa shape index (κ3) is 4.91. The zero-order valence-electron chi connectivity index (χ0n) is 15.9. The number of hydrogen-bond donors (Lipinski definition) is 1. The molecule has 0 heterocycles. The van der Waals surface area contributed by atoms with E-state index in [0.29, 0.717) is 5.56 Å². The second-order valence-electron chi connectivity index (χ2n) is 7.51. The first-order chi connectivity index (χ1) is 12.9. The Kier molecular flexibility index (Phi) is 5.51. The number of nitrogens with zero attached hydrogens (tertiary/aromatic N) is 1. The molecule has 3 nitrogen and oxygen atoms in total. The zero-order valence-corrected chi connectivity index (χ0v) is 15.9. The van der Waals surface area contributed by atoms with Crippen molar-refractivity contribution in [2.75, 3.05) is 0 Å². The van der Waals surface area contributed by atoms with Crippen molar-refractivity contribution in [2.24, 2.45) is 5.10 Å². The van der Waals surface area contributed by atoms with Gasteiger partial charge in [-0.2, -0.15) is 5.10 Å². The molecule has 3 heteroatoms. The average Bonchev–Trinajstić information content (AvgIpc) is 2.68. The maximum absolute atomic E-state index is 12.2. The van der Waals surface area contributed by atoms with Gasteiger partial charge in [0.05, 0.1) is 6.21 Å². The highest BCUT2D eigenvalue weighted by molar-refractivity contribution is 5.95. The van der Waals surface area contributed by atoms with E-state index in [1.807, 2.05) is 66.7 Å². The van der Waals surface area contributed by atoms with Crippen LogP contribution in [0.5, 0.6) is 0 Å². The lowest BCUT2D eigenvalue weighted by atomic mass is 9.87. The van der Waals surface area contributed by atoms with Gasteiger partial charge in [0.25, 0.3) is 5.91 Å². The van der Waals surface area contributed by atoms with Crippen LogP contribution in [0.2, 0.25) is 0 Å². The first-order valence-corrected chi connectivity index (χ1v) is 9.03. The predicted octanol–water partition coefficient (Wildman–Crippen LogP) is 5.42. The lowest BCUT2D eigenvalue weighted by Gasteiger charge is -2.18. The lowest BCUT2D eigenvalue weighted by Crippen LogP contribution is -2.17. The molecule has 3 aromatic carbocycles. The van der Waals surface area contributed by atoms with Gasteiger partial charge >= 0.3 is 0 Å². The standard InChI is InChI=1S/C24H24N2O/c1-24(2,3)22-15-9-18(10-16-22)17-25-26-23(27)21-13-11-20(12-14-21)19-7-5-4-6-8-19/h4-17H,1-3H3,(H,26,27)/b25-17+. The lowest BCUT2D eigenvalue weighted by molar-refractivity contribution is 0.0955. The first kappa shape index (κ1) is 18.6. The van der Waals surface area contributed by atoms with E-state index in [9.17, 15) is 4.79 Å². The molecule has 136 valence electrons.